The van der Waals surface area contributed by atoms with Crippen LogP contribution in [0.2, 0.25) is 0 Å². The maximum atomic E-state index is 13.7. The Morgan fingerprint density at radius 3 is 2.45 bits per heavy atom. The van der Waals surface area contributed by atoms with E-state index in [-0.39, 0.29) is 17.6 Å². The second kappa shape index (κ2) is 9.79. The van der Waals surface area contributed by atoms with Gasteiger partial charge in [0.1, 0.15) is 17.3 Å². The zero-order valence-electron chi connectivity index (χ0n) is 18.3. The number of thioether (sulfide) groups is 1. The maximum Gasteiger partial charge on any atom is 0.326 e. The van der Waals surface area contributed by atoms with Crippen molar-refractivity contribution in [3.05, 3.63) is 71.3 Å². The number of nitrogens with zero attached hydrogens (tertiary/aromatic N) is 1. The number of carboxylic acids is 1. The fourth-order valence-corrected chi connectivity index (χ4v) is 5.61. The second-order valence-corrected chi connectivity index (χ2v) is 9.69. The molecule has 0 aliphatic carbocycles. The highest BCUT2D eigenvalue weighted by Crippen LogP contribution is 2.39. The van der Waals surface area contributed by atoms with Crippen LogP contribution in [-0.2, 0) is 25.6 Å². The minimum Gasteiger partial charge on any atom is -0.480 e. The first-order valence-electron chi connectivity index (χ1n) is 11.0. The first-order valence-corrected chi connectivity index (χ1v) is 11.9. The van der Waals surface area contributed by atoms with Gasteiger partial charge in [0.2, 0.25) is 11.8 Å². The first kappa shape index (κ1) is 23.0. The van der Waals surface area contributed by atoms with Crippen molar-refractivity contribution in [1.82, 2.24) is 10.2 Å². The van der Waals surface area contributed by atoms with Gasteiger partial charge in [-0.15, -0.1) is 0 Å². The third-order valence-electron chi connectivity index (χ3n) is 6.24. The summed E-state index contributed by atoms with van der Waals surface area (Å²) in [5, 5.41) is 11.7. The summed E-state index contributed by atoms with van der Waals surface area (Å²) in [7, 11) is 0. The molecule has 1 fully saturated rings. The van der Waals surface area contributed by atoms with Crippen molar-refractivity contribution < 1.29 is 24.3 Å². The van der Waals surface area contributed by atoms with Gasteiger partial charge in [0, 0.05) is 13.3 Å². The molecule has 2 amide bonds. The molecule has 0 spiro atoms. The van der Waals surface area contributed by atoms with E-state index in [1.807, 2.05) is 30.3 Å². The molecule has 0 aromatic heterocycles. The highest BCUT2D eigenvalue weighted by molar-refractivity contribution is 8.14. The summed E-state index contributed by atoms with van der Waals surface area (Å²) in [5.74, 6) is -1.87. The van der Waals surface area contributed by atoms with Gasteiger partial charge in [-0.25, -0.2) is 4.79 Å². The largest absolute Gasteiger partial charge is 0.480 e. The standard InChI is InChI=1S/C25H26N2O5S/c1-15(28)33-22(16-8-3-2-4-9-16)23(29)26-19-14-17-10-5-6-11-18(17)20-12-7-13-21(25(31)32)27(20)24(19)30/h2-6,8-11,19-22H,7,12-14H2,1H3,(H,26,29)(H,31,32)/t19?,20?,21?,22-/m0/s1. The molecule has 0 radical (unpaired) electrons. The van der Waals surface area contributed by atoms with Crippen LogP contribution >= 0.6 is 11.8 Å². The molecule has 8 heteroatoms. The molecule has 2 heterocycles. The van der Waals surface area contributed by atoms with Gasteiger partial charge in [-0.3, -0.25) is 14.4 Å². The molecule has 172 valence electrons. The molecule has 1 saturated heterocycles. The lowest BCUT2D eigenvalue weighted by molar-refractivity contribution is -0.156. The summed E-state index contributed by atoms with van der Waals surface area (Å²) in [4.78, 5) is 52.3. The number of carboxylic acid groups (broad SMARTS) is 1. The fraction of sp³-hybridized carbons (Fsp3) is 0.360. The summed E-state index contributed by atoms with van der Waals surface area (Å²) in [6.07, 6.45) is 2.04. The summed E-state index contributed by atoms with van der Waals surface area (Å²) < 4.78 is 0. The van der Waals surface area contributed by atoms with E-state index >= 15 is 0 Å². The minimum atomic E-state index is -1.04. The third kappa shape index (κ3) is 4.80. The van der Waals surface area contributed by atoms with Crippen LogP contribution in [0.3, 0.4) is 0 Å². The lowest BCUT2D eigenvalue weighted by atomic mass is 9.89. The molecule has 4 rings (SSSR count). The molecule has 0 saturated carbocycles. The number of hydrogen-bond acceptors (Lipinski definition) is 5. The molecule has 2 aromatic carbocycles. The Kier molecular flexibility index (Phi) is 6.83. The Balaban J connectivity index is 1.68. The summed E-state index contributed by atoms with van der Waals surface area (Å²) in [6.45, 7) is 1.40. The molecule has 7 nitrogen and oxygen atoms in total. The maximum absolute atomic E-state index is 13.7. The average Bonchev–Trinajstić information content (AvgIpc) is 2.92. The van der Waals surface area contributed by atoms with Crippen LogP contribution < -0.4 is 5.32 Å². The Labute approximate surface area is 196 Å². The van der Waals surface area contributed by atoms with Gasteiger partial charge in [0.25, 0.3) is 0 Å². The molecule has 2 aliphatic rings. The van der Waals surface area contributed by atoms with E-state index in [1.165, 1.54) is 11.8 Å². The van der Waals surface area contributed by atoms with Crippen molar-refractivity contribution >= 4 is 34.7 Å². The molecule has 2 aliphatic heterocycles. The van der Waals surface area contributed by atoms with E-state index in [0.29, 0.717) is 24.8 Å². The monoisotopic (exact) mass is 466 g/mol. The van der Waals surface area contributed by atoms with Gasteiger partial charge >= 0.3 is 5.97 Å². The summed E-state index contributed by atoms with van der Waals surface area (Å²) in [6, 6.07) is 14.4. The van der Waals surface area contributed by atoms with Gasteiger partial charge < -0.3 is 15.3 Å². The van der Waals surface area contributed by atoms with E-state index in [0.717, 1.165) is 22.9 Å². The van der Waals surface area contributed by atoms with Crippen molar-refractivity contribution in [1.29, 1.82) is 0 Å². The Morgan fingerprint density at radius 1 is 1.06 bits per heavy atom. The summed E-state index contributed by atoms with van der Waals surface area (Å²) >= 11 is 0.900. The zero-order chi connectivity index (χ0) is 23.5. The molecular formula is C25H26N2O5S. The average molecular weight is 467 g/mol. The lowest BCUT2D eigenvalue weighted by Gasteiger charge is -2.40. The minimum absolute atomic E-state index is 0.210. The van der Waals surface area contributed by atoms with Crippen molar-refractivity contribution in [3.8, 4) is 0 Å². The van der Waals surface area contributed by atoms with E-state index < -0.39 is 35.1 Å². The van der Waals surface area contributed by atoms with Gasteiger partial charge in [-0.1, -0.05) is 66.4 Å². The van der Waals surface area contributed by atoms with Crippen LogP contribution in [0.4, 0.5) is 0 Å². The number of carbonyl (C=O) groups excluding carboxylic acids is 3. The smallest absolute Gasteiger partial charge is 0.326 e. The van der Waals surface area contributed by atoms with E-state index in [9.17, 15) is 24.3 Å². The van der Waals surface area contributed by atoms with Gasteiger partial charge in [0.15, 0.2) is 5.12 Å². The Morgan fingerprint density at radius 2 is 1.76 bits per heavy atom. The van der Waals surface area contributed by atoms with E-state index in [1.54, 1.807) is 24.3 Å². The Bertz CT molecular complexity index is 1070. The van der Waals surface area contributed by atoms with Crippen molar-refractivity contribution in [2.24, 2.45) is 0 Å². The van der Waals surface area contributed by atoms with Crippen LogP contribution in [-0.4, -0.2) is 45.0 Å². The molecule has 4 atom stereocenters. The zero-order valence-corrected chi connectivity index (χ0v) is 19.1. The number of fused-ring (bicyclic) bond motifs is 3. The second-order valence-electron chi connectivity index (χ2n) is 8.41. The van der Waals surface area contributed by atoms with Crippen LogP contribution in [0.1, 0.15) is 54.2 Å². The number of benzene rings is 2. The van der Waals surface area contributed by atoms with Crippen LogP contribution in [0.5, 0.6) is 0 Å². The van der Waals surface area contributed by atoms with Crippen LogP contribution in [0.15, 0.2) is 54.6 Å². The lowest BCUT2D eigenvalue weighted by Crippen LogP contribution is -2.56. The first-order chi connectivity index (χ1) is 15.9. The summed E-state index contributed by atoms with van der Waals surface area (Å²) in [5.41, 5.74) is 2.52. The van der Waals surface area contributed by atoms with Crippen molar-refractivity contribution in [2.75, 3.05) is 0 Å². The number of piperidine rings is 1. The number of aliphatic carboxylic acids is 1. The molecule has 33 heavy (non-hydrogen) atoms. The van der Waals surface area contributed by atoms with Gasteiger partial charge in [-0.05, 0) is 36.0 Å². The van der Waals surface area contributed by atoms with Gasteiger partial charge in [-0.2, -0.15) is 0 Å². The third-order valence-corrected chi connectivity index (χ3v) is 7.30. The Hall–Kier alpha value is -3.13. The normalized spacial score (nSPS) is 23.0. The molecular weight excluding hydrogens is 440 g/mol. The topological polar surface area (TPSA) is 104 Å². The number of rotatable bonds is 5. The SMILES string of the molecule is CC(=O)S[C@H](C(=O)NC1Cc2ccccc2C2CCCC(C(=O)O)N2C1=O)c1ccccc1. The number of amides is 2. The number of hydrogen-bond donors (Lipinski definition) is 2. The number of nitrogens with one attached hydrogen (secondary N) is 1. The van der Waals surface area contributed by atoms with Crippen LogP contribution in [0.25, 0.3) is 0 Å². The van der Waals surface area contributed by atoms with Crippen LogP contribution in [0, 0.1) is 0 Å². The highest BCUT2D eigenvalue weighted by atomic mass is 32.2. The van der Waals surface area contributed by atoms with Crippen molar-refractivity contribution in [2.45, 2.75) is 56.0 Å². The molecule has 2 aromatic rings. The molecule has 3 unspecified atom stereocenters. The van der Waals surface area contributed by atoms with E-state index in [2.05, 4.69) is 5.32 Å². The highest BCUT2D eigenvalue weighted by Gasteiger charge is 2.44. The predicted octanol–water partition coefficient (Wildman–Crippen LogP) is 3.26. The van der Waals surface area contributed by atoms with Gasteiger partial charge in [0.05, 0.1) is 6.04 Å². The fourth-order valence-electron chi connectivity index (χ4n) is 4.81. The molecule has 2 N–H and O–H groups in total. The number of carbonyl (C=O) groups is 4. The molecule has 0 bridgehead atoms. The predicted molar refractivity (Wildman–Crippen MR) is 124 cm³/mol. The quantitative estimate of drug-likeness (QED) is 0.701. The van der Waals surface area contributed by atoms with E-state index in [4.69, 9.17) is 0 Å². The van der Waals surface area contributed by atoms with Crippen molar-refractivity contribution in [3.63, 3.8) is 0 Å².